The van der Waals surface area contributed by atoms with Crippen LogP contribution in [0, 0.1) is 0 Å². The molecule has 106 valence electrons. The largest absolute Gasteiger partial charge is 0.372 e. The van der Waals surface area contributed by atoms with Crippen LogP contribution in [-0.2, 0) is 0 Å². The second-order valence-corrected chi connectivity index (χ2v) is 5.65. The van der Waals surface area contributed by atoms with Gasteiger partial charge in [0.1, 0.15) is 6.29 Å². The fourth-order valence-electron chi connectivity index (χ4n) is 2.56. The molecule has 2 nitrogen and oxygen atoms in total. The highest BCUT2D eigenvalue weighted by Crippen LogP contribution is 2.36. The molecule has 0 N–H and O–H groups in total. The Labute approximate surface area is 117 Å². The molecule has 0 aliphatic rings. The normalized spacial score (nSPS) is 11.2. The average Bonchev–Trinajstić information content (AvgIpc) is 2.39. The molecule has 19 heavy (non-hydrogen) atoms. The monoisotopic (exact) mass is 261 g/mol. The molecule has 0 saturated heterocycles. The van der Waals surface area contributed by atoms with Crippen LogP contribution >= 0.6 is 0 Å². The minimum absolute atomic E-state index is 0.424. The van der Waals surface area contributed by atoms with E-state index in [0.29, 0.717) is 11.8 Å². The van der Waals surface area contributed by atoms with E-state index in [0.717, 1.165) is 24.9 Å². The van der Waals surface area contributed by atoms with Crippen LogP contribution in [0.2, 0.25) is 0 Å². The SMILES string of the molecule is CCN(CC)c1c(C(C)C)cc(C=O)cc1C(C)C. The molecule has 0 fully saturated rings. The predicted molar refractivity (Wildman–Crippen MR) is 83.6 cm³/mol. The van der Waals surface area contributed by atoms with Gasteiger partial charge in [0.25, 0.3) is 0 Å². The van der Waals surface area contributed by atoms with Crippen molar-refractivity contribution in [2.24, 2.45) is 0 Å². The topological polar surface area (TPSA) is 20.3 Å². The lowest BCUT2D eigenvalue weighted by Crippen LogP contribution is -2.25. The highest BCUT2D eigenvalue weighted by Gasteiger charge is 2.19. The van der Waals surface area contributed by atoms with Crippen LogP contribution in [0.15, 0.2) is 12.1 Å². The molecule has 0 spiro atoms. The van der Waals surface area contributed by atoms with Crippen molar-refractivity contribution in [3.63, 3.8) is 0 Å². The number of rotatable bonds is 6. The molecule has 0 radical (unpaired) electrons. The number of anilines is 1. The van der Waals surface area contributed by atoms with E-state index in [4.69, 9.17) is 0 Å². The maximum Gasteiger partial charge on any atom is 0.150 e. The molecule has 0 heterocycles. The van der Waals surface area contributed by atoms with Crippen molar-refractivity contribution in [2.45, 2.75) is 53.4 Å². The van der Waals surface area contributed by atoms with Gasteiger partial charge in [-0.1, -0.05) is 27.7 Å². The van der Waals surface area contributed by atoms with Gasteiger partial charge >= 0.3 is 0 Å². The zero-order valence-corrected chi connectivity index (χ0v) is 13.2. The molecule has 0 aliphatic carbocycles. The smallest absolute Gasteiger partial charge is 0.150 e. The second kappa shape index (κ2) is 6.74. The summed E-state index contributed by atoms with van der Waals surface area (Å²) >= 11 is 0. The zero-order valence-electron chi connectivity index (χ0n) is 13.2. The molecule has 2 heteroatoms. The lowest BCUT2D eigenvalue weighted by molar-refractivity contribution is 0.112. The first kappa shape index (κ1) is 15.7. The van der Waals surface area contributed by atoms with E-state index in [1.165, 1.54) is 16.8 Å². The molecule has 1 rings (SSSR count). The molecule has 0 unspecified atom stereocenters. The number of carbonyl (C=O) groups excluding carboxylic acids is 1. The van der Waals surface area contributed by atoms with Gasteiger partial charge in [-0.3, -0.25) is 4.79 Å². The first-order chi connectivity index (χ1) is 8.96. The number of carbonyl (C=O) groups is 1. The van der Waals surface area contributed by atoms with Crippen LogP contribution in [0.5, 0.6) is 0 Å². The maximum atomic E-state index is 11.2. The van der Waals surface area contributed by atoms with Crippen molar-refractivity contribution in [3.05, 3.63) is 28.8 Å². The van der Waals surface area contributed by atoms with Crippen molar-refractivity contribution in [1.29, 1.82) is 0 Å². The quantitative estimate of drug-likeness (QED) is 0.698. The first-order valence-electron chi connectivity index (χ1n) is 7.34. The first-order valence-corrected chi connectivity index (χ1v) is 7.34. The Morgan fingerprint density at radius 1 is 1.00 bits per heavy atom. The van der Waals surface area contributed by atoms with Crippen molar-refractivity contribution in [3.8, 4) is 0 Å². The van der Waals surface area contributed by atoms with Gasteiger partial charge in [-0.2, -0.15) is 0 Å². The van der Waals surface area contributed by atoms with Crippen molar-refractivity contribution >= 4 is 12.0 Å². The summed E-state index contributed by atoms with van der Waals surface area (Å²) in [4.78, 5) is 13.6. The van der Waals surface area contributed by atoms with Crippen molar-refractivity contribution in [1.82, 2.24) is 0 Å². The average molecular weight is 261 g/mol. The van der Waals surface area contributed by atoms with Gasteiger partial charge in [0, 0.05) is 24.3 Å². The molecular weight excluding hydrogens is 234 g/mol. The Hall–Kier alpha value is -1.31. The summed E-state index contributed by atoms with van der Waals surface area (Å²) in [7, 11) is 0. The highest BCUT2D eigenvalue weighted by molar-refractivity contribution is 5.79. The molecule has 0 aromatic heterocycles. The number of hydrogen-bond donors (Lipinski definition) is 0. The number of aldehydes is 1. The minimum Gasteiger partial charge on any atom is -0.372 e. The summed E-state index contributed by atoms with van der Waals surface area (Å²) in [6, 6.07) is 4.11. The second-order valence-electron chi connectivity index (χ2n) is 5.65. The highest BCUT2D eigenvalue weighted by atomic mass is 16.1. The molecule has 1 aromatic rings. The summed E-state index contributed by atoms with van der Waals surface area (Å²) in [6.45, 7) is 15.1. The Morgan fingerprint density at radius 2 is 1.42 bits per heavy atom. The molecule has 0 aliphatic heterocycles. The lowest BCUT2D eigenvalue weighted by Gasteiger charge is -2.30. The Bertz CT molecular complexity index is 402. The summed E-state index contributed by atoms with van der Waals surface area (Å²) in [5.41, 5.74) is 4.71. The van der Waals surface area contributed by atoms with Crippen LogP contribution in [0.25, 0.3) is 0 Å². The van der Waals surface area contributed by atoms with E-state index in [1.54, 1.807) is 0 Å². The standard InChI is InChI=1S/C17H27NO/c1-7-18(8-2)17-15(12(3)4)9-14(11-19)10-16(17)13(5)6/h9-13H,7-8H2,1-6H3. The van der Waals surface area contributed by atoms with Crippen LogP contribution in [0.4, 0.5) is 5.69 Å². The van der Waals surface area contributed by atoms with Gasteiger partial charge < -0.3 is 4.90 Å². The predicted octanol–water partition coefficient (Wildman–Crippen LogP) is 4.59. The summed E-state index contributed by atoms with van der Waals surface area (Å²) in [5, 5.41) is 0. The third kappa shape index (κ3) is 3.37. The van der Waals surface area contributed by atoms with Crippen LogP contribution in [0.3, 0.4) is 0 Å². The molecule has 0 atom stereocenters. The molecule has 0 amide bonds. The number of nitrogens with zero attached hydrogens (tertiary/aromatic N) is 1. The third-order valence-corrected chi connectivity index (χ3v) is 3.65. The number of hydrogen-bond acceptors (Lipinski definition) is 2. The summed E-state index contributed by atoms with van der Waals surface area (Å²) in [5.74, 6) is 0.848. The minimum atomic E-state index is 0.424. The Morgan fingerprint density at radius 3 is 1.68 bits per heavy atom. The van der Waals surface area contributed by atoms with Gasteiger partial charge in [0.2, 0.25) is 0 Å². The van der Waals surface area contributed by atoms with Gasteiger partial charge in [-0.05, 0) is 48.9 Å². The van der Waals surface area contributed by atoms with E-state index in [1.807, 2.05) is 0 Å². The van der Waals surface area contributed by atoms with E-state index < -0.39 is 0 Å². The van der Waals surface area contributed by atoms with Crippen molar-refractivity contribution in [2.75, 3.05) is 18.0 Å². The van der Waals surface area contributed by atoms with E-state index in [-0.39, 0.29) is 0 Å². The fourth-order valence-corrected chi connectivity index (χ4v) is 2.56. The summed E-state index contributed by atoms with van der Waals surface area (Å²) < 4.78 is 0. The van der Waals surface area contributed by atoms with Crippen LogP contribution < -0.4 is 4.90 Å². The van der Waals surface area contributed by atoms with E-state index >= 15 is 0 Å². The van der Waals surface area contributed by atoms with Gasteiger partial charge in [0.05, 0.1) is 0 Å². The zero-order chi connectivity index (χ0) is 14.6. The van der Waals surface area contributed by atoms with Crippen molar-refractivity contribution < 1.29 is 4.79 Å². The summed E-state index contributed by atoms with van der Waals surface area (Å²) in [6.07, 6.45) is 0.962. The van der Waals surface area contributed by atoms with E-state index in [2.05, 4.69) is 58.6 Å². The molecule has 0 bridgehead atoms. The van der Waals surface area contributed by atoms with Gasteiger partial charge in [-0.25, -0.2) is 0 Å². The fraction of sp³-hybridized carbons (Fsp3) is 0.588. The molecule has 1 aromatic carbocycles. The number of benzene rings is 1. The van der Waals surface area contributed by atoms with Gasteiger partial charge in [-0.15, -0.1) is 0 Å². The maximum absolute atomic E-state index is 11.2. The lowest BCUT2D eigenvalue weighted by atomic mass is 9.89. The Balaban J connectivity index is 3.57. The third-order valence-electron chi connectivity index (χ3n) is 3.65. The Kier molecular flexibility index (Phi) is 5.59. The van der Waals surface area contributed by atoms with Crippen LogP contribution in [-0.4, -0.2) is 19.4 Å². The molecule has 0 saturated carbocycles. The molecular formula is C17H27NO. The van der Waals surface area contributed by atoms with Crippen LogP contribution in [0.1, 0.15) is 74.9 Å². The van der Waals surface area contributed by atoms with E-state index in [9.17, 15) is 4.79 Å². The van der Waals surface area contributed by atoms with Gasteiger partial charge in [0.15, 0.2) is 0 Å².